The normalized spacial score (nSPS) is 16.6. The van der Waals surface area contributed by atoms with Crippen LogP contribution in [0.25, 0.3) is 5.69 Å². The molecule has 1 saturated heterocycles. The number of aromatic nitrogens is 2. The van der Waals surface area contributed by atoms with Crippen LogP contribution in [0.1, 0.15) is 43.8 Å². The maximum Gasteiger partial charge on any atom is 0.153 e. The SMILES string of the molecule is CC(C)(c1ccc(Cl)c(Cl)c1)c1cnc(COC2CCN(C3=NN=NC3)CC2)n1-c1ccc(F)cc1. The van der Waals surface area contributed by atoms with Gasteiger partial charge in [0.25, 0.3) is 0 Å². The molecular weight excluding hydrogens is 502 g/mol. The van der Waals surface area contributed by atoms with Crippen LogP contribution in [0, 0.1) is 5.82 Å². The third-order valence-electron chi connectivity index (χ3n) is 6.89. The van der Waals surface area contributed by atoms with Crippen LogP contribution in [-0.2, 0) is 16.8 Å². The molecule has 1 fully saturated rings. The van der Waals surface area contributed by atoms with Crippen LogP contribution in [0.15, 0.2) is 64.1 Å². The molecule has 0 unspecified atom stereocenters. The predicted octanol–water partition coefficient (Wildman–Crippen LogP) is 6.40. The minimum atomic E-state index is -0.461. The summed E-state index contributed by atoms with van der Waals surface area (Å²) in [7, 11) is 0. The molecule has 0 spiro atoms. The smallest absolute Gasteiger partial charge is 0.153 e. The number of imidazole rings is 1. The third kappa shape index (κ3) is 5.03. The Morgan fingerprint density at radius 1 is 1.06 bits per heavy atom. The van der Waals surface area contributed by atoms with Gasteiger partial charge in [0, 0.05) is 30.4 Å². The standard InChI is InChI=1S/C26H27Cl2FN6O/c1-26(2,17-3-8-21(27)22(28)13-17)23-14-30-25(35(23)19-6-4-18(29)5-7-19)16-36-20-9-11-34(12-10-20)24-15-31-33-32-24/h3-8,13-14,20H,9-12,15-16H2,1-2H3. The minimum Gasteiger partial charge on any atom is -0.370 e. The van der Waals surface area contributed by atoms with Crippen molar-refractivity contribution in [2.75, 3.05) is 19.6 Å². The fourth-order valence-corrected chi connectivity index (χ4v) is 4.99. The Kier molecular flexibility index (Phi) is 7.10. The van der Waals surface area contributed by atoms with Gasteiger partial charge < -0.3 is 9.64 Å². The van der Waals surface area contributed by atoms with Crippen molar-refractivity contribution in [2.45, 2.75) is 44.8 Å². The van der Waals surface area contributed by atoms with Gasteiger partial charge in [-0.1, -0.05) is 43.1 Å². The lowest BCUT2D eigenvalue weighted by Gasteiger charge is -2.32. The summed E-state index contributed by atoms with van der Waals surface area (Å²) in [5, 5.41) is 12.8. The van der Waals surface area contributed by atoms with E-state index < -0.39 is 5.41 Å². The van der Waals surface area contributed by atoms with E-state index in [1.54, 1.807) is 18.2 Å². The molecule has 188 valence electrons. The van der Waals surface area contributed by atoms with E-state index in [2.05, 4.69) is 34.2 Å². The number of halogens is 3. The Bertz CT molecular complexity index is 1300. The van der Waals surface area contributed by atoms with Crippen LogP contribution in [0.4, 0.5) is 4.39 Å². The summed E-state index contributed by atoms with van der Waals surface area (Å²) in [6.45, 7) is 6.82. The van der Waals surface area contributed by atoms with Crippen molar-refractivity contribution in [1.82, 2.24) is 14.5 Å². The zero-order valence-electron chi connectivity index (χ0n) is 20.2. The highest BCUT2D eigenvalue weighted by Gasteiger charge is 2.30. The molecule has 1 aromatic heterocycles. The fraction of sp³-hybridized carbons (Fsp3) is 0.385. The number of nitrogens with zero attached hydrogens (tertiary/aromatic N) is 6. The highest BCUT2D eigenvalue weighted by molar-refractivity contribution is 6.42. The number of likely N-dealkylation sites (tertiary alicyclic amines) is 1. The van der Waals surface area contributed by atoms with Crippen LogP contribution in [0.3, 0.4) is 0 Å². The largest absolute Gasteiger partial charge is 0.370 e. The van der Waals surface area contributed by atoms with Crippen molar-refractivity contribution >= 4 is 29.0 Å². The molecule has 2 aromatic carbocycles. The maximum atomic E-state index is 13.7. The Hall–Kier alpha value is -2.81. The van der Waals surface area contributed by atoms with E-state index in [-0.39, 0.29) is 11.9 Å². The van der Waals surface area contributed by atoms with Crippen molar-refractivity contribution in [3.63, 3.8) is 0 Å². The maximum absolute atomic E-state index is 13.7. The average Bonchev–Trinajstić information content (AvgIpc) is 3.56. The molecule has 2 aliphatic heterocycles. The van der Waals surface area contributed by atoms with E-state index in [4.69, 9.17) is 32.9 Å². The van der Waals surface area contributed by atoms with E-state index in [9.17, 15) is 4.39 Å². The van der Waals surface area contributed by atoms with Gasteiger partial charge in [-0.25, -0.2) is 9.37 Å². The van der Waals surface area contributed by atoms with Crippen molar-refractivity contribution in [1.29, 1.82) is 0 Å². The van der Waals surface area contributed by atoms with E-state index in [0.29, 0.717) is 23.2 Å². The molecule has 5 rings (SSSR count). The summed E-state index contributed by atoms with van der Waals surface area (Å²) in [6.07, 6.45) is 3.75. The molecule has 10 heteroatoms. The van der Waals surface area contributed by atoms with Crippen molar-refractivity contribution < 1.29 is 9.13 Å². The van der Waals surface area contributed by atoms with E-state index >= 15 is 0 Å². The van der Waals surface area contributed by atoms with E-state index in [1.807, 2.05) is 22.9 Å². The van der Waals surface area contributed by atoms with Crippen LogP contribution in [0.2, 0.25) is 10.0 Å². The topological polar surface area (TPSA) is 67.4 Å². The summed E-state index contributed by atoms with van der Waals surface area (Å²) in [6, 6.07) is 12.1. The summed E-state index contributed by atoms with van der Waals surface area (Å²) in [4.78, 5) is 6.96. The zero-order valence-corrected chi connectivity index (χ0v) is 21.7. The summed E-state index contributed by atoms with van der Waals surface area (Å²) >= 11 is 12.5. The molecule has 3 aromatic rings. The van der Waals surface area contributed by atoms with Crippen LogP contribution in [-0.4, -0.2) is 46.0 Å². The van der Waals surface area contributed by atoms with Crippen molar-refractivity contribution in [3.05, 3.63) is 81.6 Å². The third-order valence-corrected chi connectivity index (χ3v) is 7.63. The summed E-state index contributed by atoms with van der Waals surface area (Å²) < 4.78 is 22.1. The first-order chi connectivity index (χ1) is 17.3. The van der Waals surface area contributed by atoms with Crippen molar-refractivity contribution in [2.24, 2.45) is 15.4 Å². The first kappa shape index (κ1) is 24.9. The van der Waals surface area contributed by atoms with Gasteiger partial charge in [0.2, 0.25) is 0 Å². The summed E-state index contributed by atoms with van der Waals surface area (Å²) in [5.41, 5.74) is 2.29. The number of ether oxygens (including phenoxy) is 1. The van der Waals surface area contributed by atoms with Crippen LogP contribution in [0.5, 0.6) is 0 Å². The number of benzene rings is 2. The van der Waals surface area contributed by atoms with Gasteiger partial charge in [-0.05, 0) is 60.0 Å². The second-order valence-corrected chi connectivity index (χ2v) is 10.3. The minimum absolute atomic E-state index is 0.113. The van der Waals surface area contributed by atoms with Gasteiger partial charge in [-0.3, -0.25) is 4.57 Å². The highest BCUT2D eigenvalue weighted by atomic mass is 35.5. The molecule has 0 atom stereocenters. The Balaban J connectivity index is 1.39. The quantitative estimate of drug-likeness (QED) is 0.371. The molecule has 36 heavy (non-hydrogen) atoms. The molecule has 3 heterocycles. The Morgan fingerprint density at radius 2 is 1.81 bits per heavy atom. The number of piperidine rings is 1. The number of hydrogen-bond donors (Lipinski definition) is 0. The van der Waals surface area contributed by atoms with Crippen LogP contribution < -0.4 is 0 Å². The lowest BCUT2D eigenvalue weighted by Crippen LogP contribution is -2.41. The fourth-order valence-electron chi connectivity index (χ4n) is 4.69. The summed E-state index contributed by atoms with van der Waals surface area (Å²) in [5.74, 6) is 1.39. The highest BCUT2D eigenvalue weighted by Crippen LogP contribution is 2.37. The number of rotatable bonds is 6. The van der Waals surface area contributed by atoms with Gasteiger partial charge in [0.05, 0.1) is 21.8 Å². The first-order valence-electron chi connectivity index (χ1n) is 11.9. The number of amidine groups is 1. The Morgan fingerprint density at radius 3 is 2.47 bits per heavy atom. The Labute approximate surface area is 219 Å². The van der Waals surface area contributed by atoms with Gasteiger partial charge in [-0.2, -0.15) is 5.11 Å². The van der Waals surface area contributed by atoms with Gasteiger partial charge in [0.1, 0.15) is 24.8 Å². The zero-order chi connectivity index (χ0) is 25.3. The molecule has 0 N–H and O–H groups in total. The van der Waals surface area contributed by atoms with Crippen LogP contribution >= 0.6 is 23.2 Å². The van der Waals surface area contributed by atoms with Gasteiger partial charge >= 0.3 is 0 Å². The van der Waals surface area contributed by atoms with E-state index in [1.165, 1.54) is 12.1 Å². The molecule has 0 amide bonds. The number of hydrogen-bond acceptors (Lipinski definition) is 6. The molecule has 0 radical (unpaired) electrons. The molecule has 7 nitrogen and oxygen atoms in total. The second-order valence-electron chi connectivity index (χ2n) is 9.53. The lowest BCUT2D eigenvalue weighted by molar-refractivity contribution is 0.00467. The molecular formula is C26H27Cl2FN6O. The van der Waals surface area contributed by atoms with Gasteiger partial charge in [-0.15, -0.1) is 5.10 Å². The monoisotopic (exact) mass is 528 g/mol. The van der Waals surface area contributed by atoms with Crippen molar-refractivity contribution in [3.8, 4) is 5.69 Å². The van der Waals surface area contributed by atoms with E-state index in [0.717, 1.165) is 54.5 Å². The molecule has 2 aliphatic rings. The average molecular weight is 529 g/mol. The first-order valence-corrected chi connectivity index (χ1v) is 12.7. The molecule has 0 aliphatic carbocycles. The second kappa shape index (κ2) is 10.3. The lowest BCUT2D eigenvalue weighted by atomic mass is 9.81. The predicted molar refractivity (Wildman–Crippen MR) is 139 cm³/mol. The molecule has 0 bridgehead atoms. The molecule has 0 saturated carbocycles. The van der Waals surface area contributed by atoms with Gasteiger partial charge in [0.15, 0.2) is 5.84 Å².